The molecule has 0 saturated heterocycles. The molecule has 1 aliphatic rings. The second-order valence-electron chi connectivity index (χ2n) is 6.02. The van der Waals surface area contributed by atoms with Gasteiger partial charge in [-0.3, -0.25) is 4.79 Å². The van der Waals surface area contributed by atoms with Crippen molar-refractivity contribution in [2.24, 2.45) is 0 Å². The van der Waals surface area contributed by atoms with E-state index in [1.807, 2.05) is 42.2 Å². The van der Waals surface area contributed by atoms with Crippen molar-refractivity contribution < 1.29 is 4.79 Å². The number of nitrogens with one attached hydrogen (secondary N) is 1. The first-order valence-electron chi connectivity index (χ1n) is 7.78. The Balaban J connectivity index is 1.73. The van der Waals surface area contributed by atoms with Crippen LogP contribution in [-0.4, -0.2) is 22.3 Å². The second-order valence-corrected chi connectivity index (χ2v) is 6.88. The van der Waals surface area contributed by atoms with Crippen LogP contribution in [-0.2, 0) is 13.0 Å². The minimum atomic E-state index is 0.112. The second kappa shape index (κ2) is 5.53. The smallest absolute Gasteiger partial charge is 0.256 e. The molecule has 3 aromatic rings. The average Bonchev–Trinajstić information content (AvgIpc) is 2.90. The van der Waals surface area contributed by atoms with Crippen molar-refractivity contribution in [3.8, 4) is 0 Å². The molecule has 3 nitrogen and oxygen atoms in total. The van der Waals surface area contributed by atoms with E-state index < -0.39 is 0 Å². The number of carbonyl (C=O) groups is 1. The molecule has 1 aliphatic heterocycles. The molecule has 23 heavy (non-hydrogen) atoms. The van der Waals surface area contributed by atoms with Gasteiger partial charge >= 0.3 is 0 Å². The zero-order valence-electron chi connectivity index (χ0n) is 12.9. The van der Waals surface area contributed by atoms with Gasteiger partial charge in [0.15, 0.2) is 0 Å². The number of hydrogen-bond donors (Lipinski definition) is 1. The van der Waals surface area contributed by atoms with Gasteiger partial charge in [0.2, 0.25) is 0 Å². The normalized spacial score (nSPS) is 14.1. The molecule has 4 rings (SSSR count). The fourth-order valence-electron chi connectivity index (χ4n) is 3.42. The van der Waals surface area contributed by atoms with Crippen LogP contribution >= 0.6 is 15.9 Å². The van der Waals surface area contributed by atoms with Crippen LogP contribution in [0.2, 0.25) is 0 Å². The summed E-state index contributed by atoms with van der Waals surface area (Å²) < 4.78 is 1.09. The number of hydrogen-bond acceptors (Lipinski definition) is 1. The summed E-state index contributed by atoms with van der Waals surface area (Å²) in [7, 11) is 0. The molecule has 0 bridgehead atoms. The number of amides is 1. The largest absolute Gasteiger partial charge is 0.358 e. The molecule has 1 N–H and O–H groups in total. The minimum Gasteiger partial charge on any atom is -0.358 e. The third kappa shape index (κ3) is 2.38. The average molecular weight is 369 g/mol. The number of aromatic amines is 1. The maximum atomic E-state index is 13.1. The van der Waals surface area contributed by atoms with Gasteiger partial charge in [-0.25, -0.2) is 0 Å². The van der Waals surface area contributed by atoms with Gasteiger partial charge < -0.3 is 9.88 Å². The van der Waals surface area contributed by atoms with Gasteiger partial charge in [-0.1, -0.05) is 46.3 Å². The van der Waals surface area contributed by atoms with E-state index in [0.29, 0.717) is 6.54 Å². The first kappa shape index (κ1) is 14.5. The molecule has 0 atom stereocenters. The molecule has 0 radical (unpaired) electrons. The monoisotopic (exact) mass is 368 g/mol. The van der Waals surface area contributed by atoms with E-state index in [1.165, 1.54) is 11.1 Å². The number of nitrogens with zero attached hydrogens (tertiary/aromatic N) is 1. The first-order valence-corrected chi connectivity index (χ1v) is 8.57. The third-order valence-corrected chi connectivity index (χ3v) is 5.35. The molecule has 0 fully saturated rings. The topological polar surface area (TPSA) is 36.1 Å². The number of rotatable bonds is 1. The lowest BCUT2D eigenvalue weighted by Crippen LogP contribution is -2.36. The Kier molecular flexibility index (Phi) is 3.49. The lowest BCUT2D eigenvalue weighted by Gasteiger charge is -2.29. The fourth-order valence-corrected chi connectivity index (χ4v) is 3.96. The summed E-state index contributed by atoms with van der Waals surface area (Å²) in [6.45, 7) is 3.40. The summed E-state index contributed by atoms with van der Waals surface area (Å²) in [6, 6.07) is 14.3. The maximum Gasteiger partial charge on any atom is 0.256 e. The molecule has 4 heteroatoms. The molecule has 116 valence electrons. The van der Waals surface area contributed by atoms with Gasteiger partial charge in [0.25, 0.3) is 5.91 Å². The summed E-state index contributed by atoms with van der Waals surface area (Å²) in [5.74, 6) is 0.112. The maximum absolute atomic E-state index is 13.1. The SMILES string of the molecule is Cc1[nH]c2ccccc2c1C(=O)N1CCc2cccc(Br)c2C1. The van der Waals surface area contributed by atoms with Crippen LogP contribution in [0.15, 0.2) is 46.9 Å². The third-order valence-electron chi connectivity index (χ3n) is 4.61. The molecule has 0 saturated carbocycles. The number of fused-ring (bicyclic) bond motifs is 2. The van der Waals surface area contributed by atoms with E-state index in [1.54, 1.807) is 0 Å². The Morgan fingerprint density at radius 2 is 2.00 bits per heavy atom. The van der Waals surface area contributed by atoms with E-state index in [4.69, 9.17) is 0 Å². The Labute approximate surface area is 143 Å². The van der Waals surface area contributed by atoms with Crippen molar-refractivity contribution >= 4 is 32.7 Å². The van der Waals surface area contributed by atoms with Gasteiger partial charge in [0.1, 0.15) is 0 Å². The first-order chi connectivity index (χ1) is 11.1. The predicted octanol–water partition coefficient (Wildman–Crippen LogP) is 4.44. The van der Waals surface area contributed by atoms with E-state index >= 15 is 0 Å². The molecule has 1 aromatic heterocycles. The number of aromatic nitrogens is 1. The number of carbonyl (C=O) groups excluding carboxylic acids is 1. The van der Waals surface area contributed by atoms with Crippen molar-refractivity contribution in [3.63, 3.8) is 0 Å². The minimum absolute atomic E-state index is 0.112. The van der Waals surface area contributed by atoms with Crippen LogP contribution < -0.4 is 0 Å². The predicted molar refractivity (Wildman–Crippen MR) is 95.6 cm³/mol. The molecule has 0 spiro atoms. The van der Waals surface area contributed by atoms with E-state index in [-0.39, 0.29) is 5.91 Å². The van der Waals surface area contributed by atoms with Crippen LogP contribution in [0.3, 0.4) is 0 Å². The number of aryl methyl sites for hydroxylation is 1. The van der Waals surface area contributed by atoms with Crippen LogP contribution in [0.1, 0.15) is 27.2 Å². The molecule has 1 amide bonds. The zero-order chi connectivity index (χ0) is 16.0. The van der Waals surface area contributed by atoms with Crippen molar-refractivity contribution in [2.75, 3.05) is 6.54 Å². The number of para-hydroxylation sites is 1. The number of halogens is 1. The Bertz CT molecular complexity index is 913. The highest BCUT2D eigenvalue weighted by Gasteiger charge is 2.26. The van der Waals surface area contributed by atoms with Crippen LogP contribution in [0.5, 0.6) is 0 Å². The molecular weight excluding hydrogens is 352 g/mol. The van der Waals surface area contributed by atoms with Gasteiger partial charge in [-0.05, 0) is 36.6 Å². The van der Waals surface area contributed by atoms with Crippen molar-refractivity contribution in [2.45, 2.75) is 19.9 Å². The Morgan fingerprint density at radius 1 is 1.17 bits per heavy atom. The van der Waals surface area contributed by atoms with Crippen LogP contribution in [0.4, 0.5) is 0 Å². The fraction of sp³-hybridized carbons (Fsp3) is 0.211. The van der Waals surface area contributed by atoms with Gasteiger partial charge in [0, 0.05) is 34.2 Å². The zero-order valence-corrected chi connectivity index (χ0v) is 14.5. The molecule has 0 aliphatic carbocycles. The summed E-state index contributed by atoms with van der Waals surface area (Å²) in [5, 5.41) is 1.01. The van der Waals surface area contributed by atoms with Gasteiger partial charge in [0.05, 0.1) is 5.56 Å². The van der Waals surface area contributed by atoms with E-state index in [9.17, 15) is 4.79 Å². The van der Waals surface area contributed by atoms with E-state index in [0.717, 1.165) is 39.6 Å². The van der Waals surface area contributed by atoms with E-state index in [2.05, 4.69) is 33.0 Å². The highest BCUT2D eigenvalue weighted by atomic mass is 79.9. The number of benzene rings is 2. The summed E-state index contributed by atoms with van der Waals surface area (Å²) in [4.78, 5) is 18.4. The van der Waals surface area contributed by atoms with Crippen LogP contribution in [0.25, 0.3) is 10.9 Å². The standard InChI is InChI=1S/C19H17BrN2O/c1-12-18(14-6-2-3-8-17(14)21-12)19(23)22-10-9-13-5-4-7-16(20)15(13)11-22/h2-8,21H,9-11H2,1H3. The number of H-pyrrole nitrogens is 1. The van der Waals surface area contributed by atoms with Crippen molar-refractivity contribution in [3.05, 3.63) is 69.3 Å². The van der Waals surface area contributed by atoms with Gasteiger partial charge in [-0.15, -0.1) is 0 Å². The highest BCUT2D eigenvalue weighted by molar-refractivity contribution is 9.10. The van der Waals surface area contributed by atoms with Gasteiger partial charge in [-0.2, -0.15) is 0 Å². The molecular formula is C19H17BrN2O. The van der Waals surface area contributed by atoms with Crippen LogP contribution in [0, 0.1) is 6.92 Å². The molecule has 2 heterocycles. The summed E-state index contributed by atoms with van der Waals surface area (Å²) in [5.41, 5.74) is 5.32. The quantitative estimate of drug-likeness (QED) is 0.677. The summed E-state index contributed by atoms with van der Waals surface area (Å²) >= 11 is 3.62. The molecule has 2 aromatic carbocycles. The van der Waals surface area contributed by atoms with Crippen molar-refractivity contribution in [1.82, 2.24) is 9.88 Å². The van der Waals surface area contributed by atoms with Crippen molar-refractivity contribution in [1.29, 1.82) is 0 Å². The molecule has 0 unspecified atom stereocenters. The Morgan fingerprint density at radius 3 is 2.87 bits per heavy atom. The lowest BCUT2D eigenvalue weighted by molar-refractivity contribution is 0.0735. The lowest BCUT2D eigenvalue weighted by atomic mass is 9.99. The Hall–Kier alpha value is -2.07. The highest BCUT2D eigenvalue weighted by Crippen LogP contribution is 2.29. The summed E-state index contributed by atoms with van der Waals surface area (Å²) in [6.07, 6.45) is 0.905.